The molecule has 0 radical (unpaired) electrons. The minimum atomic E-state index is -0.257. The van der Waals surface area contributed by atoms with Crippen LogP contribution in [0.5, 0.6) is 0 Å². The number of benzene rings is 1. The van der Waals surface area contributed by atoms with Crippen LogP contribution < -0.4 is 5.73 Å². The summed E-state index contributed by atoms with van der Waals surface area (Å²) in [6.07, 6.45) is 0. The zero-order chi connectivity index (χ0) is 12.3. The topological polar surface area (TPSA) is 26.0 Å². The van der Waals surface area contributed by atoms with Crippen LogP contribution >= 0.6 is 15.9 Å². The second-order valence-electron chi connectivity index (χ2n) is 4.19. The fourth-order valence-corrected chi connectivity index (χ4v) is 1.88. The van der Waals surface area contributed by atoms with E-state index < -0.39 is 0 Å². The first-order chi connectivity index (χ1) is 7.47. The van der Waals surface area contributed by atoms with Crippen molar-refractivity contribution in [2.75, 3.05) is 6.54 Å². The molecule has 0 bridgehead atoms. The van der Waals surface area contributed by atoms with Crippen molar-refractivity contribution in [3.8, 4) is 0 Å². The fourth-order valence-electron chi connectivity index (χ4n) is 1.63. The standard InChI is InChI=1S/C13H17BrFN/c1-8(2)9(3)11(7-16)10-4-5-12(14)13(15)6-10/h4-6,8,11H,3,7,16H2,1-2H3/t11-/m0/s1. The van der Waals surface area contributed by atoms with Crippen molar-refractivity contribution < 1.29 is 4.39 Å². The zero-order valence-corrected chi connectivity index (χ0v) is 11.2. The predicted octanol–water partition coefficient (Wildman–Crippen LogP) is 3.84. The molecule has 16 heavy (non-hydrogen) atoms. The van der Waals surface area contributed by atoms with Crippen molar-refractivity contribution in [1.82, 2.24) is 0 Å². The van der Waals surface area contributed by atoms with E-state index in [-0.39, 0.29) is 11.7 Å². The Kier molecular flexibility index (Phi) is 4.69. The molecule has 1 rings (SSSR count). The van der Waals surface area contributed by atoms with Crippen molar-refractivity contribution in [2.45, 2.75) is 19.8 Å². The van der Waals surface area contributed by atoms with E-state index >= 15 is 0 Å². The largest absolute Gasteiger partial charge is 0.330 e. The molecular weight excluding hydrogens is 269 g/mol. The van der Waals surface area contributed by atoms with Gasteiger partial charge >= 0.3 is 0 Å². The molecule has 1 nitrogen and oxygen atoms in total. The quantitative estimate of drug-likeness (QED) is 0.836. The van der Waals surface area contributed by atoms with Crippen LogP contribution in [0.25, 0.3) is 0 Å². The first kappa shape index (κ1) is 13.4. The second kappa shape index (κ2) is 5.60. The van der Waals surface area contributed by atoms with Gasteiger partial charge in [-0.15, -0.1) is 0 Å². The minimum absolute atomic E-state index is 0.0302. The lowest BCUT2D eigenvalue weighted by Crippen LogP contribution is -2.17. The van der Waals surface area contributed by atoms with E-state index in [2.05, 4.69) is 36.4 Å². The van der Waals surface area contributed by atoms with Gasteiger partial charge in [0.1, 0.15) is 5.82 Å². The lowest BCUT2D eigenvalue weighted by atomic mass is 9.86. The van der Waals surface area contributed by atoms with Crippen molar-refractivity contribution in [2.24, 2.45) is 11.7 Å². The maximum absolute atomic E-state index is 13.4. The Morgan fingerprint density at radius 1 is 1.50 bits per heavy atom. The molecule has 88 valence electrons. The van der Waals surface area contributed by atoms with Crippen LogP contribution in [0.3, 0.4) is 0 Å². The number of rotatable bonds is 4. The lowest BCUT2D eigenvalue weighted by Gasteiger charge is -2.21. The third-order valence-electron chi connectivity index (χ3n) is 2.77. The van der Waals surface area contributed by atoms with E-state index in [0.29, 0.717) is 16.9 Å². The normalized spacial score (nSPS) is 12.9. The van der Waals surface area contributed by atoms with E-state index in [0.717, 1.165) is 11.1 Å². The summed E-state index contributed by atoms with van der Waals surface area (Å²) in [5.41, 5.74) is 7.67. The average molecular weight is 286 g/mol. The second-order valence-corrected chi connectivity index (χ2v) is 5.05. The van der Waals surface area contributed by atoms with Gasteiger partial charge < -0.3 is 5.73 Å². The number of nitrogens with two attached hydrogens (primary N) is 1. The summed E-state index contributed by atoms with van der Waals surface area (Å²) in [6.45, 7) is 8.64. The molecule has 0 amide bonds. The van der Waals surface area contributed by atoms with Gasteiger partial charge in [0.25, 0.3) is 0 Å². The summed E-state index contributed by atoms with van der Waals surface area (Å²) in [6, 6.07) is 5.12. The van der Waals surface area contributed by atoms with Crippen LogP contribution in [0, 0.1) is 11.7 Å². The molecule has 0 spiro atoms. The van der Waals surface area contributed by atoms with Gasteiger partial charge in [-0.3, -0.25) is 0 Å². The highest BCUT2D eigenvalue weighted by molar-refractivity contribution is 9.10. The summed E-state index contributed by atoms with van der Waals surface area (Å²) >= 11 is 3.14. The molecular formula is C13H17BrFN. The smallest absolute Gasteiger partial charge is 0.137 e. The van der Waals surface area contributed by atoms with E-state index in [1.54, 1.807) is 6.07 Å². The van der Waals surface area contributed by atoms with Crippen molar-refractivity contribution in [3.63, 3.8) is 0 Å². The Balaban J connectivity index is 3.04. The summed E-state index contributed by atoms with van der Waals surface area (Å²) in [4.78, 5) is 0. The molecule has 0 aromatic heterocycles. The maximum atomic E-state index is 13.4. The van der Waals surface area contributed by atoms with Crippen LogP contribution in [0.4, 0.5) is 4.39 Å². The zero-order valence-electron chi connectivity index (χ0n) is 9.63. The van der Waals surface area contributed by atoms with E-state index in [9.17, 15) is 4.39 Å². The molecule has 0 saturated heterocycles. The molecule has 0 aliphatic rings. The van der Waals surface area contributed by atoms with Crippen LogP contribution in [-0.2, 0) is 0 Å². The third kappa shape index (κ3) is 2.92. The number of halogens is 2. The maximum Gasteiger partial charge on any atom is 0.137 e. The Labute approximate surface area is 105 Å². The molecule has 1 atom stereocenters. The van der Waals surface area contributed by atoms with E-state index in [1.807, 2.05) is 6.07 Å². The summed E-state index contributed by atoms with van der Waals surface area (Å²) in [5, 5.41) is 0. The molecule has 0 heterocycles. The van der Waals surface area contributed by atoms with Crippen LogP contribution in [-0.4, -0.2) is 6.54 Å². The Bertz CT molecular complexity index is 388. The van der Waals surface area contributed by atoms with Crippen LogP contribution in [0.15, 0.2) is 34.8 Å². The molecule has 0 fully saturated rings. The lowest BCUT2D eigenvalue weighted by molar-refractivity contribution is 0.610. The minimum Gasteiger partial charge on any atom is -0.330 e. The monoisotopic (exact) mass is 285 g/mol. The molecule has 1 aromatic rings. The molecule has 0 saturated carbocycles. The Morgan fingerprint density at radius 2 is 2.12 bits per heavy atom. The average Bonchev–Trinajstić information content (AvgIpc) is 2.24. The highest BCUT2D eigenvalue weighted by atomic mass is 79.9. The Morgan fingerprint density at radius 3 is 2.56 bits per heavy atom. The Hall–Kier alpha value is -0.670. The molecule has 3 heteroatoms. The van der Waals surface area contributed by atoms with E-state index in [4.69, 9.17) is 5.73 Å². The van der Waals surface area contributed by atoms with Gasteiger partial charge in [-0.05, 0) is 39.5 Å². The molecule has 2 N–H and O–H groups in total. The van der Waals surface area contributed by atoms with Gasteiger partial charge in [0.05, 0.1) is 4.47 Å². The molecule has 0 unspecified atom stereocenters. The predicted molar refractivity (Wildman–Crippen MR) is 69.9 cm³/mol. The van der Waals surface area contributed by atoms with Crippen molar-refractivity contribution in [1.29, 1.82) is 0 Å². The molecule has 0 aliphatic heterocycles. The van der Waals surface area contributed by atoms with Crippen LogP contribution in [0.2, 0.25) is 0 Å². The summed E-state index contributed by atoms with van der Waals surface area (Å²) in [5.74, 6) is 0.121. The van der Waals surface area contributed by atoms with Gasteiger partial charge in [0.2, 0.25) is 0 Å². The SMILES string of the molecule is C=C(C(C)C)[C@H](CN)c1ccc(Br)c(F)c1. The van der Waals surface area contributed by atoms with Gasteiger partial charge in [-0.1, -0.05) is 32.1 Å². The highest BCUT2D eigenvalue weighted by Gasteiger charge is 2.17. The van der Waals surface area contributed by atoms with Gasteiger partial charge in [-0.25, -0.2) is 4.39 Å². The van der Waals surface area contributed by atoms with Crippen molar-refractivity contribution >= 4 is 15.9 Å². The van der Waals surface area contributed by atoms with E-state index in [1.165, 1.54) is 6.07 Å². The highest BCUT2D eigenvalue weighted by Crippen LogP contribution is 2.29. The third-order valence-corrected chi connectivity index (χ3v) is 3.41. The molecule has 1 aromatic carbocycles. The molecule has 0 aliphatic carbocycles. The first-order valence-corrected chi connectivity index (χ1v) is 6.10. The first-order valence-electron chi connectivity index (χ1n) is 5.31. The van der Waals surface area contributed by atoms with Gasteiger partial charge in [0, 0.05) is 12.5 Å². The van der Waals surface area contributed by atoms with Crippen LogP contribution in [0.1, 0.15) is 25.3 Å². The van der Waals surface area contributed by atoms with Gasteiger partial charge in [0.15, 0.2) is 0 Å². The number of hydrogen-bond donors (Lipinski definition) is 1. The summed E-state index contributed by atoms with van der Waals surface area (Å²) in [7, 11) is 0. The van der Waals surface area contributed by atoms with Crippen molar-refractivity contribution in [3.05, 3.63) is 46.2 Å². The fraction of sp³-hybridized carbons (Fsp3) is 0.385. The van der Waals surface area contributed by atoms with Gasteiger partial charge in [-0.2, -0.15) is 0 Å². The summed E-state index contributed by atoms with van der Waals surface area (Å²) < 4.78 is 13.9. The number of hydrogen-bond acceptors (Lipinski definition) is 1.